The van der Waals surface area contributed by atoms with E-state index >= 15 is 0 Å². The van der Waals surface area contributed by atoms with E-state index in [4.69, 9.17) is 5.73 Å². The lowest BCUT2D eigenvalue weighted by Crippen LogP contribution is -2.52. The van der Waals surface area contributed by atoms with Crippen LogP contribution in [0.1, 0.15) is 6.92 Å². The van der Waals surface area contributed by atoms with Gasteiger partial charge in [-0.25, -0.2) is 4.98 Å². The molecule has 0 saturated carbocycles. The minimum absolute atomic E-state index is 0.0316. The second kappa shape index (κ2) is 4.13. The topological polar surface area (TPSA) is 150 Å². The molecule has 0 bridgehead atoms. The molecular formula is C12H15N5O4. The van der Waals surface area contributed by atoms with Crippen LogP contribution in [0.25, 0.3) is 11.2 Å². The van der Waals surface area contributed by atoms with Crippen LogP contribution in [0.15, 0.2) is 23.3 Å². The van der Waals surface area contributed by atoms with E-state index in [-0.39, 0.29) is 17.1 Å². The van der Waals surface area contributed by atoms with Crippen LogP contribution >= 0.6 is 0 Å². The highest BCUT2D eigenvalue weighted by Gasteiger charge is 2.51. The fourth-order valence-electron chi connectivity index (χ4n) is 2.66. The summed E-state index contributed by atoms with van der Waals surface area (Å²) in [7, 11) is 0. The van der Waals surface area contributed by atoms with Gasteiger partial charge in [0.25, 0.3) is 5.56 Å². The van der Waals surface area contributed by atoms with Crippen molar-refractivity contribution in [3.05, 3.63) is 28.8 Å². The average molecular weight is 293 g/mol. The Morgan fingerprint density at radius 1 is 1.52 bits per heavy atom. The van der Waals surface area contributed by atoms with Gasteiger partial charge < -0.3 is 25.6 Å². The van der Waals surface area contributed by atoms with E-state index in [0.717, 1.165) is 0 Å². The van der Waals surface area contributed by atoms with Crippen molar-refractivity contribution in [1.29, 1.82) is 0 Å². The number of rotatable bonds is 2. The summed E-state index contributed by atoms with van der Waals surface area (Å²) < 4.78 is 1.34. The number of nitrogens with one attached hydrogen (secondary N) is 1. The van der Waals surface area contributed by atoms with Crippen LogP contribution in [0.2, 0.25) is 0 Å². The van der Waals surface area contributed by atoms with Gasteiger partial charge in [0, 0.05) is 0 Å². The zero-order chi connectivity index (χ0) is 15.4. The van der Waals surface area contributed by atoms with Gasteiger partial charge in [-0.3, -0.25) is 9.78 Å². The predicted octanol–water partition coefficient (Wildman–Crippen LogP) is -1.93. The van der Waals surface area contributed by atoms with Crippen LogP contribution in [0.4, 0.5) is 5.95 Å². The number of aromatic amines is 1. The van der Waals surface area contributed by atoms with Gasteiger partial charge in [-0.1, -0.05) is 12.2 Å². The highest BCUT2D eigenvalue weighted by atomic mass is 16.3. The molecule has 6 N–H and O–H groups in total. The first-order valence-electron chi connectivity index (χ1n) is 6.27. The molecule has 2 aromatic heterocycles. The number of H-pyrrole nitrogens is 1. The molecule has 1 aliphatic carbocycles. The molecule has 1 aliphatic rings. The smallest absolute Gasteiger partial charge is 0.280 e. The second-order valence-electron chi connectivity index (χ2n) is 5.35. The lowest BCUT2D eigenvalue weighted by atomic mass is 9.90. The first-order chi connectivity index (χ1) is 9.82. The Bertz CT molecular complexity index is 793. The minimum Gasteiger partial charge on any atom is -0.393 e. The van der Waals surface area contributed by atoms with Crippen molar-refractivity contribution in [2.24, 2.45) is 0 Å². The third-order valence-electron chi connectivity index (χ3n) is 3.86. The zero-order valence-corrected chi connectivity index (χ0v) is 11.2. The lowest BCUT2D eigenvalue weighted by molar-refractivity contribution is -0.0749. The Kier molecular flexibility index (Phi) is 2.70. The number of hydrogen-bond donors (Lipinski definition) is 5. The van der Waals surface area contributed by atoms with E-state index in [1.54, 1.807) is 0 Å². The molecule has 0 radical (unpaired) electrons. The van der Waals surface area contributed by atoms with Crippen LogP contribution in [0.5, 0.6) is 0 Å². The van der Waals surface area contributed by atoms with E-state index in [0.29, 0.717) is 0 Å². The normalized spacial score (nSPS) is 32.1. The van der Waals surface area contributed by atoms with Gasteiger partial charge in [-0.15, -0.1) is 0 Å². The molecule has 0 aromatic carbocycles. The van der Waals surface area contributed by atoms with E-state index < -0.39 is 29.4 Å². The van der Waals surface area contributed by atoms with Gasteiger partial charge in [0.05, 0.1) is 12.9 Å². The quantitative estimate of drug-likeness (QED) is 0.404. The van der Waals surface area contributed by atoms with Gasteiger partial charge in [0.1, 0.15) is 17.2 Å². The van der Waals surface area contributed by atoms with Crippen molar-refractivity contribution in [3.8, 4) is 0 Å². The number of nitrogens with zero attached hydrogens (tertiary/aromatic N) is 3. The van der Waals surface area contributed by atoms with Crippen LogP contribution in [-0.4, -0.2) is 53.2 Å². The molecule has 9 heteroatoms. The maximum Gasteiger partial charge on any atom is 0.280 e. The summed E-state index contributed by atoms with van der Waals surface area (Å²) in [6, 6.07) is 0. The van der Waals surface area contributed by atoms with Gasteiger partial charge in [0.2, 0.25) is 5.95 Å². The first-order valence-corrected chi connectivity index (χ1v) is 6.27. The molecule has 0 spiro atoms. The summed E-state index contributed by atoms with van der Waals surface area (Å²) >= 11 is 0. The number of fused-ring (bicyclic) bond motifs is 1. The van der Waals surface area contributed by atoms with Crippen molar-refractivity contribution in [2.45, 2.75) is 24.2 Å². The Hall–Kier alpha value is -2.23. The molecule has 3 rings (SSSR count). The Balaban J connectivity index is 2.29. The number of imidazole rings is 1. The summed E-state index contributed by atoms with van der Waals surface area (Å²) in [5, 5.41) is 30.3. The molecule has 0 amide bonds. The number of aliphatic hydroxyl groups excluding tert-OH is 2. The number of aliphatic hydroxyl groups is 3. The number of hydrogen-bond acceptors (Lipinski definition) is 7. The first kappa shape index (κ1) is 13.7. The van der Waals surface area contributed by atoms with Crippen LogP contribution in [0, 0.1) is 0 Å². The van der Waals surface area contributed by atoms with E-state index in [2.05, 4.69) is 15.0 Å². The molecule has 2 aromatic rings. The lowest BCUT2D eigenvalue weighted by Gasteiger charge is -2.35. The highest BCUT2D eigenvalue weighted by Crippen LogP contribution is 2.38. The largest absolute Gasteiger partial charge is 0.393 e. The maximum atomic E-state index is 11.8. The molecular weight excluding hydrogens is 278 g/mol. The number of aromatic nitrogens is 4. The van der Waals surface area contributed by atoms with Gasteiger partial charge >= 0.3 is 0 Å². The SMILES string of the molecule is C[C@]1(O)C=C[C@](CO)(n2cnc3c(=O)[nH]c(N)nc32)[C@H]1O. The molecule has 112 valence electrons. The maximum absolute atomic E-state index is 11.8. The zero-order valence-electron chi connectivity index (χ0n) is 11.2. The van der Waals surface area contributed by atoms with Crippen LogP contribution in [-0.2, 0) is 5.54 Å². The van der Waals surface area contributed by atoms with E-state index in [1.807, 2.05) is 0 Å². The van der Waals surface area contributed by atoms with Crippen molar-refractivity contribution >= 4 is 17.1 Å². The summed E-state index contributed by atoms with van der Waals surface area (Å²) in [6.07, 6.45) is 2.79. The molecule has 21 heavy (non-hydrogen) atoms. The second-order valence-corrected chi connectivity index (χ2v) is 5.35. The predicted molar refractivity (Wildman–Crippen MR) is 73.4 cm³/mol. The number of anilines is 1. The van der Waals surface area contributed by atoms with Gasteiger partial charge in [0.15, 0.2) is 11.2 Å². The van der Waals surface area contributed by atoms with Crippen LogP contribution in [0.3, 0.4) is 0 Å². The van der Waals surface area contributed by atoms with Crippen molar-refractivity contribution in [3.63, 3.8) is 0 Å². The molecule has 0 aliphatic heterocycles. The fraction of sp³-hybridized carbons (Fsp3) is 0.417. The standard InChI is InChI=1S/C12H15N5O4/c1-11(21)2-3-12(4-18,9(11)20)17-5-14-6-7(17)15-10(13)16-8(6)19/h2-3,5,9,18,20-21H,4H2,1H3,(H3,13,15,16,19)/t9-,11-,12+/m0/s1. The Labute approximate surface area is 118 Å². The highest BCUT2D eigenvalue weighted by molar-refractivity contribution is 5.71. The third-order valence-corrected chi connectivity index (χ3v) is 3.86. The number of nitrogen functional groups attached to an aromatic ring is 1. The molecule has 2 heterocycles. The molecule has 3 atom stereocenters. The van der Waals surface area contributed by atoms with Gasteiger partial charge in [-0.2, -0.15) is 4.98 Å². The molecule has 0 fully saturated rings. The van der Waals surface area contributed by atoms with Crippen molar-refractivity contribution in [2.75, 3.05) is 12.3 Å². The van der Waals surface area contributed by atoms with Crippen molar-refractivity contribution < 1.29 is 15.3 Å². The molecule has 0 unspecified atom stereocenters. The summed E-state index contributed by atoms with van der Waals surface area (Å²) in [5.74, 6) is -0.106. The van der Waals surface area contributed by atoms with Crippen LogP contribution < -0.4 is 11.3 Å². The molecule has 9 nitrogen and oxygen atoms in total. The summed E-state index contributed by atoms with van der Waals surface area (Å²) in [5.41, 5.74) is 2.26. The van der Waals surface area contributed by atoms with Gasteiger partial charge in [-0.05, 0) is 6.92 Å². The summed E-state index contributed by atoms with van der Waals surface area (Å²) in [4.78, 5) is 22.0. The van der Waals surface area contributed by atoms with E-state index in [1.165, 1.54) is 30.0 Å². The monoisotopic (exact) mass is 293 g/mol. The average Bonchev–Trinajstić information content (AvgIpc) is 2.93. The Morgan fingerprint density at radius 3 is 2.81 bits per heavy atom. The van der Waals surface area contributed by atoms with E-state index in [9.17, 15) is 20.1 Å². The molecule has 0 saturated heterocycles. The number of nitrogens with two attached hydrogens (primary N) is 1. The fourth-order valence-corrected chi connectivity index (χ4v) is 2.66. The van der Waals surface area contributed by atoms with Crippen molar-refractivity contribution in [1.82, 2.24) is 19.5 Å². The Morgan fingerprint density at radius 2 is 2.24 bits per heavy atom. The minimum atomic E-state index is -1.52. The third kappa shape index (κ3) is 1.71. The summed E-state index contributed by atoms with van der Waals surface area (Å²) in [6.45, 7) is 0.903.